The van der Waals surface area contributed by atoms with Gasteiger partial charge in [-0.2, -0.15) is 0 Å². The Labute approximate surface area is 114 Å². The molecule has 0 saturated carbocycles. The summed E-state index contributed by atoms with van der Waals surface area (Å²) in [7, 11) is 0. The summed E-state index contributed by atoms with van der Waals surface area (Å²) in [5, 5.41) is 14.3. The molecule has 0 aliphatic heterocycles. The van der Waals surface area contributed by atoms with E-state index in [1.165, 1.54) is 10.9 Å². The van der Waals surface area contributed by atoms with Crippen LogP contribution in [0.1, 0.15) is 45.1 Å². The zero-order valence-corrected chi connectivity index (χ0v) is 12.2. The van der Waals surface area contributed by atoms with Crippen molar-refractivity contribution in [2.24, 2.45) is 0 Å². The molecule has 2 rings (SSSR count). The van der Waals surface area contributed by atoms with Crippen molar-refractivity contribution in [3.63, 3.8) is 0 Å². The lowest BCUT2D eigenvalue weighted by Crippen LogP contribution is -2.36. The first-order valence-electron chi connectivity index (χ1n) is 6.88. The zero-order chi connectivity index (χ0) is 14.0. The van der Waals surface area contributed by atoms with E-state index in [4.69, 9.17) is 4.42 Å². The third kappa shape index (κ3) is 3.17. The molecule has 0 spiro atoms. The summed E-state index contributed by atoms with van der Waals surface area (Å²) < 4.78 is 5.97. The Morgan fingerprint density at radius 1 is 1.32 bits per heavy atom. The van der Waals surface area contributed by atoms with Crippen molar-refractivity contribution in [3.8, 4) is 0 Å². The summed E-state index contributed by atoms with van der Waals surface area (Å²) in [6.45, 7) is 8.35. The molecule has 0 saturated heterocycles. The second-order valence-corrected chi connectivity index (χ2v) is 5.71. The van der Waals surface area contributed by atoms with Crippen LogP contribution in [0.5, 0.6) is 0 Å². The van der Waals surface area contributed by atoms with Crippen LogP contribution in [0.4, 0.5) is 0 Å². The number of para-hydroxylation sites is 1. The van der Waals surface area contributed by atoms with Gasteiger partial charge in [0.2, 0.25) is 0 Å². The van der Waals surface area contributed by atoms with Crippen molar-refractivity contribution in [1.82, 2.24) is 5.32 Å². The number of furan rings is 1. The van der Waals surface area contributed by atoms with Gasteiger partial charge >= 0.3 is 0 Å². The Balaban J connectivity index is 2.28. The molecule has 104 valence electrons. The van der Waals surface area contributed by atoms with Gasteiger partial charge in [-0.15, -0.1) is 0 Å². The number of rotatable bonds is 5. The van der Waals surface area contributed by atoms with Crippen molar-refractivity contribution in [1.29, 1.82) is 0 Å². The normalized spacial score (nSPS) is 13.9. The fraction of sp³-hybridized carbons (Fsp3) is 0.500. The molecule has 3 heteroatoms. The first kappa shape index (κ1) is 14.1. The molecule has 2 aromatic rings. The lowest BCUT2D eigenvalue weighted by atomic mass is 10.0. The van der Waals surface area contributed by atoms with Gasteiger partial charge in [0.1, 0.15) is 11.3 Å². The van der Waals surface area contributed by atoms with Gasteiger partial charge < -0.3 is 14.8 Å². The Morgan fingerprint density at radius 3 is 2.63 bits per heavy atom. The standard InChI is InChI=1S/C16H23NO2/c1-5-12-13-8-6-7-9-14(13)19-15(12)11(2)17-10-16(3,4)18/h6-9,11,17-18H,5,10H2,1-4H3. The highest BCUT2D eigenvalue weighted by Gasteiger charge is 2.20. The lowest BCUT2D eigenvalue weighted by molar-refractivity contribution is 0.0762. The largest absolute Gasteiger partial charge is 0.459 e. The second-order valence-electron chi connectivity index (χ2n) is 5.71. The number of benzene rings is 1. The molecule has 0 fully saturated rings. The number of aliphatic hydroxyl groups is 1. The molecule has 1 unspecified atom stereocenters. The van der Waals surface area contributed by atoms with E-state index in [1.807, 2.05) is 18.2 Å². The van der Waals surface area contributed by atoms with Gasteiger partial charge in [0.05, 0.1) is 11.6 Å². The van der Waals surface area contributed by atoms with E-state index in [2.05, 4.69) is 25.2 Å². The molecule has 0 bridgehead atoms. The Bertz CT molecular complexity index is 551. The topological polar surface area (TPSA) is 45.4 Å². The third-order valence-electron chi connectivity index (χ3n) is 3.32. The van der Waals surface area contributed by atoms with Crippen LogP contribution >= 0.6 is 0 Å². The molecular formula is C16H23NO2. The lowest BCUT2D eigenvalue weighted by Gasteiger charge is -2.21. The van der Waals surface area contributed by atoms with Crippen LogP contribution in [0.2, 0.25) is 0 Å². The summed E-state index contributed by atoms with van der Waals surface area (Å²) >= 11 is 0. The van der Waals surface area contributed by atoms with Gasteiger partial charge in [-0.1, -0.05) is 25.1 Å². The predicted octanol–water partition coefficient (Wildman–Crippen LogP) is 3.42. The van der Waals surface area contributed by atoms with Gasteiger partial charge in [-0.05, 0) is 33.3 Å². The minimum Gasteiger partial charge on any atom is -0.459 e. The van der Waals surface area contributed by atoms with E-state index in [9.17, 15) is 5.11 Å². The van der Waals surface area contributed by atoms with E-state index in [0.29, 0.717) is 6.54 Å². The van der Waals surface area contributed by atoms with Gasteiger partial charge in [0, 0.05) is 17.5 Å². The molecule has 1 aromatic heterocycles. The van der Waals surface area contributed by atoms with Crippen LogP contribution in [0.3, 0.4) is 0 Å². The van der Waals surface area contributed by atoms with E-state index in [-0.39, 0.29) is 6.04 Å². The molecule has 0 aliphatic rings. The number of aryl methyl sites for hydroxylation is 1. The molecule has 0 aliphatic carbocycles. The van der Waals surface area contributed by atoms with Crippen LogP contribution in [-0.4, -0.2) is 17.3 Å². The molecule has 0 radical (unpaired) electrons. The monoisotopic (exact) mass is 261 g/mol. The molecule has 1 atom stereocenters. The summed E-state index contributed by atoms with van der Waals surface area (Å²) in [4.78, 5) is 0. The maximum absolute atomic E-state index is 9.79. The summed E-state index contributed by atoms with van der Waals surface area (Å²) in [5.41, 5.74) is 1.48. The zero-order valence-electron chi connectivity index (χ0n) is 12.2. The van der Waals surface area contributed by atoms with Crippen LogP contribution in [0.15, 0.2) is 28.7 Å². The number of hydrogen-bond acceptors (Lipinski definition) is 3. The Kier molecular flexibility index (Phi) is 3.97. The Hall–Kier alpha value is -1.32. The molecule has 1 aromatic carbocycles. The molecule has 3 nitrogen and oxygen atoms in total. The van der Waals surface area contributed by atoms with Crippen molar-refractivity contribution < 1.29 is 9.52 Å². The van der Waals surface area contributed by atoms with Crippen LogP contribution in [-0.2, 0) is 6.42 Å². The average Bonchev–Trinajstić information content (AvgIpc) is 2.73. The highest BCUT2D eigenvalue weighted by Crippen LogP contribution is 2.30. The van der Waals surface area contributed by atoms with Gasteiger partial charge in [-0.25, -0.2) is 0 Å². The summed E-state index contributed by atoms with van der Waals surface area (Å²) in [6.07, 6.45) is 0.945. The van der Waals surface area contributed by atoms with Crippen molar-refractivity contribution in [2.45, 2.75) is 45.8 Å². The maximum Gasteiger partial charge on any atom is 0.134 e. The number of hydrogen-bond donors (Lipinski definition) is 2. The van der Waals surface area contributed by atoms with Crippen molar-refractivity contribution in [3.05, 3.63) is 35.6 Å². The molecule has 1 heterocycles. The smallest absolute Gasteiger partial charge is 0.134 e. The van der Waals surface area contributed by atoms with E-state index in [0.717, 1.165) is 17.8 Å². The van der Waals surface area contributed by atoms with Crippen molar-refractivity contribution >= 4 is 11.0 Å². The molecular weight excluding hydrogens is 238 g/mol. The van der Waals surface area contributed by atoms with Crippen molar-refractivity contribution in [2.75, 3.05) is 6.54 Å². The third-order valence-corrected chi connectivity index (χ3v) is 3.32. The predicted molar refractivity (Wildman–Crippen MR) is 78.3 cm³/mol. The highest BCUT2D eigenvalue weighted by molar-refractivity contribution is 5.82. The summed E-state index contributed by atoms with van der Waals surface area (Å²) in [5.74, 6) is 0.980. The highest BCUT2D eigenvalue weighted by atomic mass is 16.3. The minimum atomic E-state index is -0.716. The SMILES string of the molecule is CCc1c(C(C)NCC(C)(C)O)oc2ccccc12. The van der Waals surface area contributed by atoms with Gasteiger partial charge in [0.25, 0.3) is 0 Å². The summed E-state index contributed by atoms with van der Waals surface area (Å²) in [6, 6.07) is 8.22. The first-order chi connectivity index (χ1) is 8.92. The number of fused-ring (bicyclic) bond motifs is 1. The quantitative estimate of drug-likeness (QED) is 0.867. The maximum atomic E-state index is 9.79. The average molecular weight is 261 g/mol. The van der Waals surface area contributed by atoms with Crippen LogP contribution in [0, 0.1) is 0 Å². The van der Waals surface area contributed by atoms with Gasteiger partial charge in [-0.3, -0.25) is 0 Å². The second kappa shape index (κ2) is 5.35. The van der Waals surface area contributed by atoms with E-state index in [1.54, 1.807) is 13.8 Å². The van der Waals surface area contributed by atoms with E-state index < -0.39 is 5.60 Å². The van der Waals surface area contributed by atoms with Crippen LogP contribution in [0.25, 0.3) is 11.0 Å². The fourth-order valence-corrected chi connectivity index (χ4v) is 2.33. The minimum absolute atomic E-state index is 0.0915. The van der Waals surface area contributed by atoms with Gasteiger partial charge in [0.15, 0.2) is 0 Å². The molecule has 19 heavy (non-hydrogen) atoms. The van der Waals surface area contributed by atoms with E-state index >= 15 is 0 Å². The fourth-order valence-electron chi connectivity index (χ4n) is 2.33. The first-order valence-corrected chi connectivity index (χ1v) is 6.88. The number of nitrogens with one attached hydrogen (secondary N) is 1. The van der Waals surface area contributed by atoms with Crippen LogP contribution < -0.4 is 5.32 Å². The Morgan fingerprint density at radius 2 is 2.00 bits per heavy atom. The molecule has 2 N–H and O–H groups in total. The molecule has 0 amide bonds.